The molecule has 24 heavy (non-hydrogen) atoms. The van der Waals surface area contributed by atoms with E-state index in [2.05, 4.69) is 16.2 Å². The predicted octanol–water partition coefficient (Wildman–Crippen LogP) is 2.18. The van der Waals surface area contributed by atoms with Crippen LogP contribution in [0, 0.1) is 0 Å². The second-order valence-electron chi connectivity index (χ2n) is 6.55. The molecule has 0 spiro atoms. The monoisotopic (exact) mass is 329 g/mol. The van der Waals surface area contributed by atoms with Crippen LogP contribution in [0.5, 0.6) is 0 Å². The molecule has 5 nitrogen and oxygen atoms in total. The molecule has 1 aliphatic rings. The molecule has 3 rings (SSSR count). The van der Waals surface area contributed by atoms with Crippen LogP contribution in [0.4, 0.5) is 0 Å². The first-order valence-electron chi connectivity index (χ1n) is 8.74. The molecule has 130 valence electrons. The zero-order chi connectivity index (χ0) is 16.8. The summed E-state index contributed by atoms with van der Waals surface area (Å²) < 4.78 is 7.50. The van der Waals surface area contributed by atoms with Gasteiger partial charge in [-0.05, 0) is 36.9 Å². The van der Waals surface area contributed by atoms with Crippen LogP contribution in [0.15, 0.2) is 42.7 Å². The fourth-order valence-corrected chi connectivity index (χ4v) is 3.36. The highest BCUT2D eigenvalue weighted by molar-refractivity contribution is 5.17. The molecule has 0 radical (unpaired) electrons. The second-order valence-corrected chi connectivity index (χ2v) is 6.55. The molecule has 0 saturated carbocycles. The summed E-state index contributed by atoms with van der Waals surface area (Å²) in [6.07, 6.45) is 6.45. The Morgan fingerprint density at radius 1 is 1.33 bits per heavy atom. The first-order valence-corrected chi connectivity index (χ1v) is 8.74. The molecule has 0 aliphatic carbocycles. The lowest BCUT2D eigenvalue weighted by Gasteiger charge is -2.36. The Morgan fingerprint density at radius 2 is 2.17 bits per heavy atom. The van der Waals surface area contributed by atoms with Crippen LogP contribution >= 0.6 is 0 Å². The maximum Gasteiger partial charge on any atom is 0.0805 e. The van der Waals surface area contributed by atoms with Gasteiger partial charge in [0, 0.05) is 25.8 Å². The van der Waals surface area contributed by atoms with Gasteiger partial charge in [-0.15, -0.1) is 0 Å². The number of hydrogen-bond donors (Lipinski definition) is 1. The number of benzene rings is 1. The van der Waals surface area contributed by atoms with E-state index in [1.807, 2.05) is 48.3 Å². The number of aryl methyl sites for hydroxylation is 2. The van der Waals surface area contributed by atoms with Crippen LogP contribution in [0.2, 0.25) is 0 Å². The van der Waals surface area contributed by atoms with Gasteiger partial charge >= 0.3 is 0 Å². The number of hydrogen-bond acceptors (Lipinski definition) is 4. The maximum atomic E-state index is 10.5. The van der Waals surface area contributed by atoms with Crippen molar-refractivity contribution >= 4 is 0 Å². The quantitative estimate of drug-likeness (QED) is 0.846. The Kier molecular flexibility index (Phi) is 6.01. The molecule has 2 atom stereocenters. The molecule has 1 saturated heterocycles. The van der Waals surface area contributed by atoms with Crippen molar-refractivity contribution < 1.29 is 9.84 Å². The topological polar surface area (TPSA) is 50.5 Å². The molecule has 5 heteroatoms. The normalized spacial score (nSPS) is 20.2. The lowest BCUT2D eigenvalue weighted by molar-refractivity contribution is -0.0264. The smallest absolute Gasteiger partial charge is 0.0805 e. The van der Waals surface area contributed by atoms with Gasteiger partial charge in [0.1, 0.15) is 0 Å². The van der Waals surface area contributed by atoms with E-state index in [1.54, 1.807) is 0 Å². The highest BCUT2D eigenvalue weighted by Crippen LogP contribution is 2.22. The van der Waals surface area contributed by atoms with Gasteiger partial charge in [-0.1, -0.05) is 30.3 Å². The molecule has 0 bridgehead atoms. The SMILES string of the molecule is Cn1cc(CCCN2CCOCC2CC(O)c2ccccc2)cn1. The maximum absolute atomic E-state index is 10.5. The van der Waals surface area contributed by atoms with Crippen molar-refractivity contribution in [2.24, 2.45) is 7.05 Å². The minimum Gasteiger partial charge on any atom is -0.388 e. The summed E-state index contributed by atoms with van der Waals surface area (Å²) in [6, 6.07) is 10.2. The number of aliphatic hydroxyl groups is 1. The Balaban J connectivity index is 1.51. The molecule has 2 heterocycles. The lowest BCUT2D eigenvalue weighted by Crippen LogP contribution is -2.46. The van der Waals surface area contributed by atoms with Crippen LogP contribution in [0.3, 0.4) is 0 Å². The van der Waals surface area contributed by atoms with Gasteiger partial charge < -0.3 is 9.84 Å². The molecule has 1 aromatic heterocycles. The molecule has 1 aromatic carbocycles. The van der Waals surface area contributed by atoms with Crippen molar-refractivity contribution in [3.05, 3.63) is 53.9 Å². The molecule has 1 N–H and O–H groups in total. The third kappa shape index (κ3) is 4.66. The number of ether oxygens (including phenoxy) is 1. The van der Waals surface area contributed by atoms with Crippen LogP contribution in [0.1, 0.15) is 30.1 Å². The third-order valence-electron chi connectivity index (χ3n) is 4.70. The zero-order valence-corrected chi connectivity index (χ0v) is 14.3. The fourth-order valence-electron chi connectivity index (χ4n) is 3.36. The Labute approximate surface area is 143 Å². The number of aliphatic hydroxyl groups excluding tert-OH is 1. The number of rotatable bonds is 7. The first kappa shape index (κ1) is 17.1. The van der Waals surface area contributed by atoms with Crippen molar-refractivity contribution in [2.75, 3.05) is 26.3 Å². The van der Waals surface area contributed by atoms with E-state index in [1.165, 1.54) is 5.56 Å². The molecule has 1 fully saturated rings. The van der Waals surface area contributed by atoms with E-state index in [-0.39, 0.29) is 6.04 Å². The minimum atomic E-state index is -0.432. The summed E-state index contributed by atoms with van der Waals surface area (Å²) >= 11 is 0. The first-order chi connectivity index (χ1) is 11.7. The second kappa shape index (κ2) is 8.42. The summed E-state index contributed by atoms with van der Waals surface area (Å²) in [5.41, 5.74) is 2.27. The van der Waals surface area contributed by atoms with Gasteiger partial charge in [-0.25, -0.2) is 0 Å². The van der Waals surface area contributed by atoms with E-state index < -0.39 is 6.10 Å². The summed E-state index contributed by atoms with van der Waals surface area (Å²) in [5, 5.41) is 14.7. The van der Waals surface area contributed by atoms with Crippen LogP contribution < -0.4 is 0 Å². The van der Waals surface area contributed by atoms with Crippen LogP contribution in [-0.2, 0) is 18.2 Å². The van der Waals surface area contributed by atoms with E-state index in [4.69, 9.17) is 4.74 Å². The number of nitrogens with zero attached hydrogens (tertiary/aromatic N) is 3. The van der Waals surface area contributed by atoms with Crippen molar-refractivity contribution in [1.29, 1.82) is 0 Å². The largest absolute Gasteiger partial charge is 0.388 e. The Hall–Kier alpha value is -1.69. The van der Waals surface area contributed by atoms with Gasteiger partial charge in [0.05, 0.1) is 25.5 Å². The molecular weight excluding hydrogens is 302 g/mol. The Morgan fingerprint density at radius 3 is 2.92 bits per heavy atom. The van der Waals surface area contributed by atoms with Gasteiger partial charge in [0.2, 0.25) is 0 Å². The summed E-state index contributed by atoms with van der Waals surface area (Å²) in [6.45, 7) is 3.46. The molecule has 1 aliphatic heterocycles. The number of morpholine rings is 1. The standard InChI is InChI=1S/C19H27N3O2/c1-21-14-16(13-20-21)6-5-9-22-10-11-24-15-18(22)12-19(23)17-7-3-2-4-8-17/h2-4,7-8,13-14,18-19,23H,5-6,9-12,15H2,1H3. The highest BCUT2D eigenvalue weighted by atomic mass is 16.5. The van der Waals surface area contributed by atoms with Gasteiger partial charge in [-0.2, -0.15) is 5.10 Å². The molecule has 2 aromatic rings. The zero-order valence-electron chi connectivity index (χ0n) is 14.3. The van der Waals surface area contributed by atoms with E-state index in [0.717, 1.165) is 44.5 Å². The summed E-state index contributed by atoms with van der Waals surface area (Å²) in [4.78, 5) is 2.46. The molecular formula is C19H27N3O2. The van der Waals surface area contributed by atoms with Crippen LogP contribution in [0.25, 0.3) is 0 Å². The van der Waals surface area contributed by atoms with Gasteiger partial charge in [0.15, 0.2) is 0 Å². The van der Waals surface area contributed by atoms with E-state index >= 15 is 0 Å². The molecule has 0 amide bonds. The van der Waals surface area contributed by atoms with E-state index in [9.17, 15) is 5.11 Å². The minimum absolute atomic E-state index is 0.280. The van der Waals surface area contributed by atoms with Gasteiger partial charge in [-0.3, -0.25) is 9.58 Å². The van der Waals surface area contributed by atoms with Crippen LogP contribution in [-0.4, -0.2) is 52.1 Å². The van der Waals surface area contributed by atoms with Crippen molar-refractivity contribution in [3.8, 4) is 0 Å². The van der Waals surface area contributed by atoms with Crippen molar-refractivity contribution in [1.82, 2.24) is 14.7 Å². The fraction of sp³-hybridized carbons (Fsp3) is 0.526. The number of aromatic nitrogens is 2. The average molecular weight is 329 g/mol. The van der Waals surface area contributed by atoms with Crippen molar-refractivity contribution in [2.45, 2.75) is 31.4 Å². The van der Waals surface area contributed by atoms with Crippen molar-refractivity contribution in [3.63, 3.8) is 0 Å². The summed E-state index contributed by atoms with van der Waals surface area (Å²) in [7, 11) is 1.95. The third-order valence-corrected chi connectivity index (χ3v) is 4.70. The summed E-state index contributed by atoms with van der Waals surface area (Å²) in [5.74, 6) is 0. The van der Waals surface area contributed by atoms with Gasteiger partial charge in [0.25, 0.3) is 0 Å². The van der Waals surface area contributed by atoms with E-state index in [0.29, 0.717) is 6.61 Å². The highest BCUT2D eigenvalue weighted by Gasteiger charge is 2.25. The average Bonchev–Trinajstić information content (AvgIpc) is 3.02. The molecule has 2 unspecified atom stereocenters. The predicted molar refractivity (Wildman–Crippen MR) is 93.7 cm³/mol. The Bertz CT molecular complexity index is 614. The lowest BCUT2D eigenvalue weighted by atomic mass is 10.0.